The SMILES string of the molecule is N#Cc1cncc(COc2cc(OCc3cccc(-c4ccccc4)c3C#N)c3c(c2CN2CCCCC2)CCC3)c1. The van der Waals surface area contributed by atoms with Gasteiger partial charge in [0.1, 0.15) is 36.9 Å². The van der Waals surface area contributed by atoms with Crippen molar-refractivity contribution in [2.45, 2.75) is 58.3 Å². The fourth-order valence-electron chi connectivity index (χ4n) is 6.22. The van der Waals surface area contributed by atoms with E-state index in [4.69, 9.17) is 9.47 Å². The number of ether oxygens (including phenoxy) is 2. The van der Waals surface area contributed by atoms with Crippen molar-refractivity contribution in [2.75, 3.05) is 13.1 Å². The average molecular weight is 555 g/mol. The van der Waals surface area contributed by atoms with Crippen LogP contribution in [-0.4, -0.2) is 23.0 Å². The number of likely N-dealkylation sites (tertiary alicyclic amines) is 1. The number of hydrogen-bond donors (Lipinski definition) is 0. The molecule has 3 aromatic carbocycles. The minimum absolute atomic E-state index is 0.301. The average Bonchev–Trinajstić information content (AvgIpc) is 3.55. The fraction of sp³-hybridized carbons (Fsp3) is 0.306. The summed E-state index contributed by atoms with van der Waals surface area (Å²) in [7, 11) is 0. The Morgan fingerprint density at radius 3 is 2.38 bits per heavy atom. The minimum Gasteiger partial charge on any atom is -0.488 e. The highest BCUT2D eigenvalue weighted by atomic mass is 16.5. The van der Waals surface area contributed by atoms with Crippen molar-refractivity contribution < 1.29 is 9.47 Å². The van der Waals surface area contributed by atoms with Crippen LogP contribution < -0.4 is 9.47 Å². The summed E-state index contributed by atoms with van der Waals surface area (Å²) in [5, 5.41) is 19.4. The van der Waals surface area contributed by atoms with Gasteiger partial charge in [0, 0.05) is 41.7 Å². The van der Waals surface area contributed by atoms with E-state index in [1.165, 1.54) is 36.0 Å². The molecule has 6 nitrogen and oxygen atoms in total. The zero-order chi connectivity index (χ0) is 28.7. The van der Waals surface area contributed by atoms with Crippen LogP contribution in [0.25, 0.3) is 11.1 Å². The predicted octanol–water partition coefficient (Wildman–Crippen LogP) is 7.12. The van der Waals surface area contributed by atoms with Crippen LogP contribution >= 0.6 is 0 Å². The monoisotopic (exact) mass is 554 g/mol. The molecule has 0 radical (unpaired) electrons. The van der Waals surface area contributed by atoms with Gasteiger partial charge in [0.25, 0.3) is 0 Å². The van der Waals surface area contributed by atoms with Crippen molar-refractivity contribution in [3.63, 3.8) is 0 Å². The number of aromatic nitrogens is 1. The topological polar surface area (TPSA) is 82.2 Å². The zero-order valence-corrected chi connectivity index (χ0v) is 23.8. The number of hydrogen-bond acceptors (Lipinski definition) is 6. The molecule has 0 spiro atoms. The lowest BCUT2D eigenvalue weighted by atomic mass is 9.96. The lowest BCUT2D eigenvalue weighted by Crippen LogP contribution is -2.29. The second-order valence-electron chi connectivity index (χ2n) is 11.1. The summed E-state index contributed by atoms with van der Waals surface area (Å²) in [6, 6.07) is 24.4. The quantitative estimate of drug-likeness (QED) is 0.219. The third kappa shape index (κ3) is 6.00. The van der Waals surface area contributed by atoms with Gasteiger partial charge in [0.15, 0.2) is 0 Å². The summed E-state index contributed by atoms with van der Waals surface area (Å²) >= 11 is 0. The third-order valence-electron chi connectivity index (χ3n) is 8.32. The van der Waals surface area contributed by atoms with Gasteiger partial charge in [0.2, 0.25) is 0 Å². The molecule has 210 valence electrons. The van der Waals surface area contributed by atoms with Crippen LogP contribution in [0.2, 0.25) is 0 Å². The smallest absolute Gasteiger partial charge is 0.128 e. The molecule has 6 heteroatoms. The third-order valence-corrected chi connectivity index (χ3v) is 8.32. The van der Waals surface area contributed by atoms with E-state index in [1.807, 2.05) is 54.6 Å². The summed E-state index contributed by atoms with van der Waals surface area (Å²) in [4.78, 5) is 6.74. The lowest BCUT2D eigenvalue weighted by Gasteiger charge is -2.29. The van der Waals surface area contributed by atoms with E-state index >= 15 is 0 Å². The molecule has 1 aromatic heterocycles. The molecule has 2 aliphatic rings. The Labute approximate surface area is 247 Å². The Balaban J connectivity index is 1.32. The maximum absolute atomic E-state index is 10.1. The van der Waals surface area contributed by atoms with Crippen molar-refractivity contribution in [1.82, 2.24) is 9.88 Å². The van der Waals surface area contributed by atoms with Crippen molar-refractivity contribution in [3.8, 4) is 34.8 Å². The molecule has 42 heavy (non-hydrogen) atoms. The Kier molecular flexibility index (Phi) is 8.45. The highest BCUT2D eigenvalue weighted by Gasteiger charge is 2.26. The lowest BCUT2D eigenvalue weighted by molar-refractivity contribution is 0.214. The Morgan fingerprint density at radius 2 is 1.57 bits per heavy atom. The molecule has 0 atom stereocenters. The van der Waals surface area contributed by atoms with Gasteiger partial charge in [-0.1, -0.05) is 55.0 Å². The standard InChI is InChI=1S/C36H34N4O2/c37-19-26-17-27(22-39-21-26)24-41-36-18-35(32-14-8-13-31(32)34(36)23-40-15-5-2-6-16-40)42-25-29-11-7-12-30(33(29)20-38)28-9-3-1-4-10-28/h1,3-4,7,9-12,17-18,21-22H,2,5-6,8,13-16,23-25H2. The van der Waals surface area contributed by atoms with Gasteiger partial charge >= 0.3 is 0 Å². The van der Waals surface area contributed by atoms with Crippen molar-refractivity contribution in [1.29, 1.82) is 10.5 Å². The highest BCUT2D eigenvalue weighted by molar-refractivity contribution is 5.72. The van der Waals surface area contributed by atoms with E-state index < -0.39 is 0 Å². The first kappa shape index (κ1) is 27.5. The van der Waals surface area contributed by atoms with Crippen LogP contribution in [0.5, 0.6) is 11.5 Å². The molecule has 1 saturated heterocycles. The zero-order valence-electron chi connectivity index (χ0n) is 23.8. The molecular weight excluding hydrogens is 520 g/mol. The van der Waals surface area contributed by atoms with E-state index in [0.29, 0.717) is 24.3 Å². The predicted molar refractivity (Wildman–Crippen MR) is 162 cm³/mol. The van der Waals surface area contributed by atoms with Crippen LogP contribution in [0.3, 0.4) is 0 Å². The van der Waals surface area contributed by atoms with Gasteiger partial charge in [-0.25, -0.2) is 0 Å². The number of piperidine rings is 1. The number of benzene rings is 3. The van der Waals surface area contributed by atoms with Crippen LogP contribution in [0.4, 0.5) is 0 Å². The summed E-state index contributed by atoms with van der Waals surface area (Å²) in [5.41, 5.74) is 8.68. The molecular formula is C36H34N4O2. The van der Waals surface area contributed by atoms with E-state index in [-0.39, 0.29) is 0 Å². The molecule has 2 heterocycles. The van der Waals surface area contributed by atoms with E-state index in [1.54, 1.807) is 12.4 Å². The van der Waals surface area contributed by atoms with Crippen LogP contribution in [0.1, 0.15) is 64.6 Å². The maximum Gasteiger partial charge on any atom is 0.128 e. The highest BCUT2D eigenvalue weighted by Crippen LogP contribution is 2.41. The molecule has 1 aliphatic carbocycles. The van der Waals surface area contributed by atoms with Gasteiger partial charge < -0.3 is 9.47 Å². The molecule has 1 aliphatic heterocycles. The van der Waals surface area contributed by atoms with E-state index in [9.17, 15) is 10.5 Å². The van der Waals surface area contributed by atoms with Gasteiger partial charge in [-0.15, -0.1) is 0 Å². The largest absolute Gasteiger partial charge is 0.488 e. The molecule has 0 N–H and O–H groups in total. The summed E-state index contributed by atoms with van der Waals surface area (Å²) in [5.74, 6) is 1.66. The van der Waals surface area contributed by atoms with Crippen molar-refractivity contribution in [2.24, 2.45) is 0 Å². The number of nitrogens with zero attached hydrogens (tertiary/aromatic N) is 4. The first-order valence-electron chi connectivity index (χ1n) is 14.8. The van der Waals surface area contributed by atoms with Crippen molar-refractivity contribution in [3.05, 3.63) is 112 Å². The summed E-state index contributed by atoms with van der Waals surface area (Å²) < 4.78 is 13.0. The molecule has 4 aromatic rings. The number of nitriles is 2. The summed E-state index contributed by atoms with van der Waals surface area (Å²) in [6.07, 6.45) is 10.1. The first-order chi connectivity index (χ1) is 20.7. The Morgan fingerprint density at radius 1 is 0.762 bits per heavy atom. The number of fused-ring (bicyclic) bond motifs is 1. The molecule has 0 unspecified atom stereocenters. The van der Waals surface area contributed by atoms with Gasteiger partial charge in [-0.3, -0.25) is 9.88 Å². The van der Waals surface area contributed by atoms with E-state index in [0.717, 1.165) is 72.6 Å². The maximum atomic E-state index is 10.1. The van der Waals surface area contributed by atoms with Crippen LogP contribution in [0, 0.1) is 22.7 Å². The second-order valence-corrected chi connectivity index (χ2v) is 11.1. The van der Waals surface area contributed by atoms with Crippen LogP contribution in [-0.2, 0) is 32.6 Å². The van der Waals surface area contributed by atoms with Crippen LogP contribution in [0.15, 0.2) is 73.1 Å². The normalized spacial score (nSPS) is 14.5. The molecule has 0 bridgehead atoms. The molecule has 1 fully saturated rings. The molecule has 0 amide bonds. The minimum atomic E-state index is 0.301. The summed E-state index contributed by atoms with van der Waals surface area (Å²) in [6.45, 7) is 3.71. The second kappa shape index (κ2) is 12.9. The van der Waals surface area contributed by atoms with Crippen molar-refractivity contribution >= 4 is 0 Å². The molecule has 0 saturated carbocycles. The van der Waals surface area contributed by atoms with Gasteiger partial charge in [-0.2, -0.15) is 10.5 Å². The number of rotatable bonds is 9. The van der Waals surface area contributed by atoms with Gasteiger partial charge in [-0.05, 0) is 73.5 Å². The fourth-order valence-corrected chi connectivity index (χ4v) is 6.22. The molecule has 6 rings (SSSR count). The Bertz CT molecular complexity index is 1650. The Hall–Kier alpha value is -4.65. The van der Waals surface area contributed by atoms with E-state index in [2.05, 4.69) is 28.1 Å². The van der Waals surface area contributed by atoms with Gasteiger partial charge in [0.05, 0.1) is 11.1 Å². The first-order valence-corrected chi connectivity index (χ1v) is 14.8. The number of pyridine rings is 1.